The van der Waals surface area contributed by atoms with E-state index >= 15 is 0 Å². The Balaban J connectivity index is 1.81. The van der Waals surface area contributed by atoms with Crippen LogP contribution in [0.15, 0.2) is 24.5 Å². The Bertz CT molecular complexity index is 342. The lowest BCUT2D eigenvalue weighted by Gasteiger charge is -2.36. The van der Waals surface area contributed by atoms with Crippen molar-refractivity contribution >= 4 is 0 Å². The van der Waals surface area contributed by atoms with Gasteiger partial charge in [-0.15, -0.1) is 0 Å². The van der Waals surface area contributed by atoms with E-state index in [4.69, 9.17) is 0 Å². The van der Waals surface area contributed by atoms with E-state index in [-0.39, 0.29) is 0 Å². The van der Waals surface area contributed by atoms with Crippen LogP contribution in [0.1, 0.15) is 45.2 Å². The Kier molecular flexibility index (Phi) is 4.72. The number of hydrogen-bond acceptors (Lipinski definition) is 3. The van der Waals surface area contributed by atoms with Gasteiger partial charge in [0, 0.05) is 30.5 Å². The second-order valence-electron chi connectivity index (χ2n) is 5.58. The van der Waals surface area contributed by atoms with Crippen LogP contribution in [0.25, 0.3) is 0 Å². The molecule has 3 heteroatoms. The molecule has 18 heavy (non-hydrogen) atoms. The molecule has 100 valence electrons. The maximum Gasteiger partial charge on any atom is 0.0315 e. The van der Waals surface area contributed by atoms with E-state index in [1.807, 2.05) is 18.5 Å². The van der Waals surface area contributed by atoms with Gasteiger partial charge in [0.15, 0.2) is 0 Å². The Morgan fingerprint density at radius 3 is 2.56 bits per heavy atom. The molecule has 0 aliphatic carbocycles. The van der Waals surface area contributed by atoms with Gasteiger partial charge in [-0.2, -0.15) is 0 Å². The van der Waals surface area contributed by atoms with Crippen LogP contribution in [-0.4, -0.2) is 35.1 Å². The van der Waals surface area contributed by atoms with Gasteiger partial charge in [-0.25, -0.2) is 0 Å². The van der Waals surface area contributed by atoms with Gasteiger partial charge in [0.25, 0.3) is 0 Å². The molecular formula is C15H25N3. The molecule has 3 nitrogen and oxygen atoms in total. The molecule has 1 aromatic heterocycles. The number of nitrogens with zero attached hydrogens (tertiary/aromatic N) is 2. The number of pyridine rings is 1. The van der Waals surface area contributed by atoms with Gasteiger partial charge in [-0.05, 0) is 58.3 Å². The van der Waals surface area contributed by atoms with Crippen LogP contribution in [0.5, 0.6) is 0 Å². The van der Waals surface area contributed by atoms with Gasteiger partial charge < -0.3 is 10.2 Å². The Hall–Kier alpha value is -0.930. The molecule has 0 bridgehead atoms. The van der Waals surface area contributed by atoms with Crippen molar-refractivity contribution in [2.45, 2.75) is 51.7 Å². The lowest BCUT2D eigenvalue weighted by Crippen LogP contribution is -2.45. The zero-order valence-corrected chi connectivity index (χ0v) is 11.8. The molecule has 1 atom stereocenters. The fourth-order valence-corrected chi connectivity index (χ4v) is 2.66. The monoisotopic (exact) mass is 247 g/mol. The fourth-order valence-electron chi connectivity index (χ4n) is 2.66. The van der Waals surface area contributed by atoms with Crippen LogP contribution in [0.3, 0.4) is 0 Å². The normalized spacial score (nSPS) is 20.2. The van der Waals surface area contributed by atoms with Crippen molar-refractivity contribution in [1.82, 2.24) is 15.2 Å². The molecule has 0 spiro atoms. The van der Waals surface area contributed by atoms with E-state index in [2.05, 4.69) is 42.0 Å². The molecule has 0 radical (unpaired) electrons. The number of piperidine rings is 1. The summed E-state index contributed by atoms with van der Waals surface area (Å²) in [5.41, 5.74) is 1.28. The lowest BCUT2D eigenvalue weighted by molar-refractivity contribution is 0.157. The van der Waals surface area contributed by atoms with Gasteiger partial charge >= 0.3 is 0 Å². The van der Waals surface area contributed by atoms with E-state index in [0.717, 1.165) is 0 Å². The molecule has 2 rings (SSSR count). The van der Waals surface area contributed by atoms with Crippen molar-refractivity contribution in [3.8, 4) is 0 Å². The maximum absolute atomic E-state index is 4.19. The predicted octanol–water partition coefficient (Wildman–Crippen LogP) is 2.61. The van der Waals surface area contributed by atoms with Crippen molar-refractivity contribution in [3.05, 3.63) is 30.1 Å². The maximum atomic E-state index is 4.19. The molecule has 0 unspecified atom stereocenters. The first kappa shape index (κ1) is 13.5. The van der Waals surface area contributed by atoms with E-state index in [9.17, 15) is 0 Å². The lowest BCUT2D eigenvalue weighted by atomic mass is 10.0. The van der Waals surface area contributed by atoms with Crippen LogP contribution in [-0.2, 0) is 0 Å². The summed E-state index contributed by atoms with van der Waals surface area (Å²) in [5.74, 6) is 0. The summed E-state index contributed by atoms with van der Waals surface area (Å²) in [6, 6.07) is 5.88. The van der Waals surface area contributed by atoms with Crippen LogP contribution < -0.4 is 5.32 Å². The minimum absolute atomic E-state index is 0.397. The van der Waals surface area contributed by atoms with Crippen molar-refractivity contribution in [2.75, 3.05) is 13.1 Å². The molecule has 1 aromatic rings. The number of hydrogen-bond donors (Lipinski definition) is 1. The summed E-state index contributed by atoms with van der Waals surface area (Å²) in [6.07, 6.45) is 6.30. The summed E-state index contributed by atoms with van der Waals surface area (Å²) in [4.78, 5) is 6.75. The first-order valence-corrected chi connectivity index (χ1v) is 7.07. The largest absolute Gasteiger partial charge is 0.307 e. The third-order valence-corrected chi connectivity index (χ3v) is 3.93. The molecule has 1 saturated heterocycles. The SMILES string of the molecule is CC(C)N1CCC(N[C@H](C)c2cccnc2)CC1. The quantitative estimate of drug-likeness (QED) is 0.886. The molecule has 1 N–H and O–H groups in total. The zero-order chi connectivity index (χ0) is 13.0. The van der Waals surface area contributed by atoms with Gasteiger partial charge in [0.05, 0.1) is 0 Å². The van der Waals surface area contributed by atoms with E-state index in [1.165, 1.54) is 31.5 Å². The van der Waals surface area contributed by atoms with Crippen molar-refractivity contribution in [1.29, 1.82) is 0 Å². The predicted molar refractivity (Wildman–Crippen MR) is 75.5 cm³/mol. The Labute approximate surface area is 111 Å². The van der Waals surface area contributed by atoms with Crippen LogP contribution in [0, 0.1) is 0 Å². The van der Waals surface area contributed by atoms with Crippen LogP contribution in [0.2, 0.25) is 0 Å². The average molecular weight is 247 g/mol. The molecule has 1 aliphatic rings. The fraction of sp³-hybridized carbons (Fsp3) is 0.667. The number of aromatic nitrogens is 1. The molecule has 0 aromatic carbocycles. The minimum atomic E-state index is 0.397. The summed E-state index contributed by atoms with van der Waals surface area (Å²) in [7, 11) is 0. The first-order valence-electron chi connectivity index (χ1n) is 7.07. The molecule has 0 amide bonds. The van der Waals surface area contributed by atoms with Crippen molar-refractivity contribution in [2.24, 2.45) is 0 Å². The minimum Gasteiger partial charge on any atom is -0.307 e. The van der Waals surface area contributed by atoms with Crippen molar-refractivity contribution in [3.63, 3.8) is 0 Å². The molecular weight excluding hydrogens is 222 g/mol. The Morgan fingerprint density at radius 1 is 1.28 bits per heavy atom. The van der Waals surface area contributed by atoms with Crippen LogP contribution in [0.4, 0.5) is 0 Å². The van der Waals surface area contributed by atoms with Crippen LogP contribution >= 0.6 is 0 Å². The summed E-state index contributed by atoms with van der Waals surface area (Å²) < 4.78 is 0. The topological polar surface area (TPSA) is 28.2 Å². The van der Waals surface area contributed by atoms with E-state index in [1.54, 1.807) is 0 Å². The highest BCUT2D eigenvalue weighted by Gasteiger charge is 2.21. The second kappa shape index (κ2) is 6.30. The smallest absolute Gasteiger partial charge is 0.0315 e. The first-order chi connectivity index (χ1) is 8.66. The number of nitrogens with one attached hydrogen (secondary N) is 1. The summed E-state index contributed by atoms with van der Waals surface area (Å²) in [5, 5.41) is 3.73. The third kappa shape index (κ3) is 3.53. The summed E-state index contributed by atoms with van der Waals surface area (Å²) in [6.45, 7) is 9.23. The summed E-state index contributed by atoms with van der Waals surface area (Å²) >= 11 is 0. The molecule has 1 aliphatic heterocycles. The third-order valence-electron chi connectivity index (χ3n) is 3.93. The standard InChI is InChI=1S/C15H25N3/c1-12(2)18-9-6-15(7-10-18)17-13(3)14-5-4-8-16-11-14/h4-5,8,11-13,15,17H,6-7,9-10H2,1-3H3/t13-/m1/s1. The molecule has 0 saturated carbocycles. The highest BCUT2D eigenvalue weighted by molar-refractivity contribution is 5.13. The zero-order valence-electron chi connectivity index (χ0n) is 11.8. The molecule has 2 heterocycles. The van der Waals surface area contributed by atoms with Gasteiger partial charge in [0.1, 0.15) is 0 Å². The van der Waals surface area contributed by atoms with Crippen molar-refractivity contribution < 1.29 is 0 Å². The van der Waals surface area contributed by atoms with E-state index < -0.39 is 0 Å². The highest BCUT2D eigenvalue weighted by Crippen LogP contribution is 2.17. The second-order valence-corrected chi connectivity index (χ2v) is 5.58. The highest BCUT2D eigenvalue weighted by atomic mass is 15.2. The Morgan fingerprint density at radius 2 is 2.00 bits per heavy atom. The van der Waals surface area contributed by atoms with Gasteiger partial charge in [-0.3, -0.25) is 4.98 Å². The number of rotatable bonds is 4. The number of likely N-dealkylation sites (tertiary alicyclic amines) is 1. The van der Waals surface area contributed by atoms with Gasteiger partial charge in [0.2, 0.25) is 0 Å². The van der Waals surface area contributed by atoms with Gasteiger partial charge in [-0.1, -0.05) is 6.07 Å². The molecule has 1 fully saturated rings. The van der Waals surface area contributed by atoms with E-state index in [0.29, 0.717) is 18.1 Å². The average Bonchev–Trinajstić information content (AvgIpc) is 2.40.